The zero-order valence-corrected chi connectivity index (χ0v) is 10.1. The molecule has 0 aromatic heterocycles. The van der Waals surface area contributed by atoms with Crippen molar-refractivity contribution >= 4 is 18.2 Å². The van der Waals surface area contributed by atoms with E-state index in [-0.39, 0.29) is 5.57 Å². The molecule has 100 valence electrons. The fraction of sp³-hybridized carbons (Fsp3) is 0.417. The van der Waals surface area contributed by atoms with Crippen LogP contribution in [0.1, 0.15) is 19.8 Å². The fourth-order valence-electron chi connectivity index (χ4n) is 0.876. The molecule has 1 rings (SSSR count). The molecule has 1 aliphatic heterocycles. The lowest BCUT2D eigenvalue weighted by molar-refractivity contribution is -0.133. The van der Waals surface area contributed by atoms with E-state index in [0.29, 0.717) is 19.4 Å². The largest absolute Gasteiger partial charge is 0.478 e. The molecule has 6 heteroatoms. The predicted molar refractivity (Wildman–Crippen MR) is 63.2 cm³/mol. The smallest absolute Gasteiger partial charge is 0.330 e. The van der Waals surface area contributed by atoms with Gasteiger partial charge in [0.1, 0.15) is 5.60 Å². The number of hydrogen-bond donors (Lipinski definition) is 2. The summed E-state index contributed by atoms with van der Waals surface area (Å²) in [5.74, 6) is -1.90. The number of carbonyl (C=O) groups is 3. The minimum absolute atomic E-state index is 0.176. The SMILES string of the molecule is C=C(C)C(=O)O.O=CC1(CCC=CC(=O)O)CO1. The maximum absolute atomic E-state index is 10.4. The first kappa shape index (κ1) is 16.1. The highest BCUT2D eigenvalue weighted by atomic mass is 16.6. The minimum Gasteiger partial charge on any atom is -0.478 e. The van der Waals surface area contributed by atoms with Gasteiger partial charge in [-0.3, -0.25) is 0 Å². The van der Waals surface area contributed by atoms with Crippen LogP contribution in [0, 0.1) is 0 Å². The van der Waals surface area contributed by atoms with Crippen molar-refractivity contribution in [2.24, 2.45) is 0 Å². The van der Waals surface area contributed by atoms with Crippen LogP contribution in [-0.4, -0.2) is 40.6 Å². The van der Waals surface area contributed by atoms with Crippen molar-refractivity contribution in [2.75, 3.05) is 6.61 Å². The molecule has 0 aromatic carbocycles. The van der Waals surface area contributed by atoms with Gasteiger partial charge in [-0.05, 0) is 19.8 Å². The summed E-state index contributed by atoms with van der Waals surface area (Å²) in [5, 5.41) is 16.1. The van der Waals surface area contributed by atoms with Crippen molar-refractivity contribution in [1.82, 2.24) is 0 Å². The van der Waals surface area contributed by atoms with Crippen LogP contribution < -0.4 is 0 Å². The summed E-state index contributed by atoms with van der Waals surface area (Å²) >= 11 is 0. The van der Waals surface area contributed by atoms with Gasteiger partial charge in [-0.2, -0.15) is 0 Å². The summed E-state index contributed by atoms with van der Waals surface area (Å²) in [7, 11) is 0. The Balaban J connectivity index is 0.000000411. The third kappa shape index (κ3) is 7.34. The van der Waals surface area contributed by atoms with E-state index < -0.39 is 17.5 Å². The lowest BCUT2D eigenvalue weighted by Gasteiger charge is -1.97. The molecule has 1 aliphatic rings. The van der Waals surface area contributed by atoms with Gasteiger partial charge in [-0.25, -0.2) is 9.59 Å². The summed E-state index contributed by atoms with van der Waals surface area (Å²) < 4.78 is 4.90. The van der Waals surface area contributed by atoms with Gasteiger partial charge in [0.15, 0.2) is 6.29 Å². The first-order valence-electron chi connectivity index (χ1n) is 5.21. The normalized spacial score (nSPS) is 20.7. The Morgan fingerprint density at radius 1 is 1.44 bits per heavy atom. The molecule has 18 heavy (non-hydrogen) atoms. The van der Waals surface area contributed by atoms with Gasteiger partial charge < -0.3 is 19.7 Å². The molecule has 6 nitrogen and oxygen atoms in total. The Morgan fingerprint density at radius 2 is 1.94 bits per heavy atom. The summed E-state index contributed by atoms with van der Waals surface area (Å²) in [6.45, 7) is 5.07. The van der Waals surface area contributed by atoms with Crippen LogP contribution in [-0.2, 0) is 19.1 Å². The van der Waals surface area contributed by atoms with Crippen LogP contribution in [0.3, 0.4) is 0 Å². The molecule has 0 amide bonds. The monoisotopic (exact) mass is 256 g/mol. The summed E-state index contributed by atoms with van der Waals surface area (Å²) in [6.07, 6.45) is 4.50. The molecule has 2 N–H and O–H groups in total. The number of aliphatic carboxylic acids is 2. The number of allylic oxidation sites excluding steroid dienone is 1. The second kappa shape index (κ2) is 7.39. The van der Waals surface area contributed by atoms with Crippen LogP contribution in [0.2, 0.25) is 0 Å². The van der Waals surface area contributed by atoms with E-state index in [1.54, 1.807) is 0 Å². The predicted octanol–water partition coefficient (Wildman–Crippen LogP) is 1.02. The molecule has 1 saturated heterocycles. The van der Waals surface area contributed by atoms with Gasteiger partial charge in [-0.15, -0.1) is 0 Å². The van der Waals surface area contributed by atoms with E-state index in [0.717, 1.165) is 12.4 Å². The maximum Gasteiger partial charge on any atom is 0.330 e. The third-order valence-electron chi connectivity index (χ3n) is 2.09. The number of carboxylic acids is 2. The van der Waals surface area contributed by atoms with Gasteiger partial charge in [0.25, 0.3) is 0 Å². The van der Waals surface area contributed by atoms with Crippen molar-refractivity contribution in [3.63, 3.8) is 0 Å². The molecule has 0 aromatic rings. The van der Waals surface area contributed by atoms with E-state index in [4.69, 9.17) is 14.9 Å². The molecular weight excluding hydrogens is 240 g/mol. The minimum atomic E-state index is -0.966. The highest BCUT2D eigenvalue weighted by Crippen LogP contribution is 2.29. The maximum atomic E-state index is 10.4. The number of aldehydes is 1. The van der Waals surface area contributed by atoms with Gasteiger partial charge >= 0.3 is 11.9 Å². The zero-order chi connectivity index (χ0) is 14.2. The molecule has 0 bridgehead atoms. The van der Waals surface area contributed by atoms with Gasteiger partial charge in [0.2, 0.25) is 0 Å². The van der Waals surface area contributed by atoms with Crippen LogP contribution >= 0.6 is 0 Å². The van der Waals surface area contributed by atoms with E-state index in [1.807, 2.05) is 0 Å². The van der Waals surface area contributed by atoms with E-state index in [9.17, 15) is 14.4 Å². The second-order valence-corrected chi connectivity index (χ2v) is 3.84. The molecule has 1 fully saturated rings. The van der Waals surface area contributed by atoms with E-state index >= 15 is 0 Å². The molecule has 1 heterocycles. The van der Waals surface area contributed by atoms with Crippen molar-refractivity contribution in [3.8, 4) is 0 Å². The number of hydrogen-bond acceptors (Lipinski definition) is 4. The first-order chi connectivity index (χ1) is 8.33. The molecule has 1 atom stereocenters. The summed E-state index contributed by atoms with van der Waals surface area (Å²) in [5.41, 5.74) is -0.418. The number of epoxide rings is 1. The summed E-state index contributed by atoms with van der Waals surface area (Å²) in [4.78, 5) is 30.0. The standard InChI is InChI=1S/C8H10O4.C4H6O2/c9-5-8(6-12-8)4-2-1-3-7(10)11;1-3(2)4(5)6/h1,3,5H,2,4,6H2,(H,10,11);1H2,2H3,(H,5,6). The van der Waals surface area contributed by atoms with Crippen molar-refractivity contribution in [1.29, 1.82) is 0 Å². The van der Waals surface area contributed by atoms with Crippen molar-refractivity contribution in [3.05, 3.63) is 24.3 Å². The summed E-state index contributed by atoms with van der Waals surface area (Å²) in [6, 6.07) is 0. The Bertz CT molecular complexity index is 353. The highest BCUT2D eigenvalue weighted by Gasteiger charge is 2.43. The zero-order valence-electron chi connectivity index (χ0n) is 10.1. The lowest BCUT2D eigenvalue weighted by Crippen LogP contribution is -2.11. The Morgan fingerprint density at radius 3 is 2.22 bits per heavy atom. The van der Waals surface area contributed by atoms with E-state index in [2.05, 4.69) is 6.58 Å². The van der Waals surface area contributed by atoms with Crippen LogP contribution in [0.25, 0.3) is 0 Å². The number of rotatable bonds is 6. The highest BCUT2D eigenvalue weighted by molar-refractivity contribution is 5.84. The van der Waals surface area contributed by atoms with Gasteiger partial charge in [0.05, 0.1) is 6.61 Å². The molecule has 0 aliphatic carbocycles. The third-order valence-corrected chi connectivity index (χ3v) is 2.09. The average molecular weight is 256 g/mol. The molecule has 0 spiro atoms. The number of ether oxygens (including phenoxy) is 1. The Labute approximate surface area is 105 Å². The quantitative estimate of drug-likeness (QED) is 0.417. The van der Waals surface area contributed by atoms with Crippen molar-refractivity contribution in [2.45, 2.75) is 25.4 Å². The second-order valence-electron chi connectivity index (χ2n) is 3.84. The molecule has 1 unspecified atom stereocenters. The van der Waals surface area contributed by atoms with E-state index in [1.165, 1.54) is 13.0 Å². The molecule has 0 radical (unpaired) electrons. The number of carbonyl (C=O) groups excluding carboxylic acids is 1. The molecule has 0 saturated carbocycles. The van der Waals surface area contributed by atoms with Crippen molar-refractivity contribution < 1.29 is 29.3 Å². The topological polar surface area (TPSA) is 104 Å². The fourth-order valence-corrected chi connectivity index (χ4v) is 0.876. The van der Waals surface area contributed by atoms with Crippen LogP contribution in [0.4, 0.5) is 0 Å². The molecular formula is C12H16O6. The average Bonchev–Trinajstić information content (AvgIpc) is 3.06. The van der Waals surface area contributed by atoms with Crippen LogP contribution in [0.5, 0.6) is 0 Å². The Hall–Kier alpha value is -1.95. The van der Waals surface area contributed by atoms with Crippen LogP contribution in [0.15, 0.2) is 24.3 Å². The Kier molecular flexibility index (Phi) is 6.59. The first-order valence-corrected chi connectivity index (χ1v) is 5.21. The van der Waals surface area contributed by atoms with Gasteiger partial charge in [0, 0.05) is 11.6 Å². The lowest BCUT2D eigenvalue weighted by atomic mass is 10.1. The van der Waals surface area contributed by atoms with Gasteiger partial charge in [-0.1, -0.05) is 12.7 Å². The number of carboxylic acid groups (broad SMARTS) is 2.